The fourth-order valence-corrected chi connectivity index (χ4v) is 1.41. The van der Waals surface area contributed by atoms with Gasteiger partial charge in [0.1, 0.15) is 0 Å². The predicted octanol–water partition coefficient (Wildman–Crippen LogP) is 3.15. The van der Waals surface area contributed by atoms with Gasteiger partial charge in [-0.15, -0.1) is 0 Å². The second-order valence-corrected chi connectivity index (χ2v) is 3.68. The Morgan fingerprint density at radius 2 is 1.89 bits per heavy atom. The number of anilines is 1. The molecule has 0 spiro atoms. The van der Waals surface area contributed by atoms with Crippen LogP contribution >= 0.6 is 0 Å². The normalized spacial score (nSPS) is 11.1. The van der Waals surface area contributed by atoms with Crippen molar-refractivity contribution in [2.45, 2.75) is 6.18 Å². The first-order valence-electron chi connectivity index (χ1n) is 5.27. The van der Waals surface area contributed by atoms with Gasteiger partial charge >= 0.3 is 6.18 Å². The molecule has 0 saturated carbocycles. The van der Waals surface area contributed by atoms with E-state index in [1.165, 1.54) is 24.5 Å². The van der Waals surface area contributed by atoms with Crippen molar-refractivity contribution < 1.29 is 18.0 Å². The van der Waals surface area contributed by atoms with Gasteiger partial charge in [0.2, 0.25) is 0 Å². The number of rotatable bonds is 2. The average Bonchev–Trinajstić information content (AvgIpc) is 2.39. The van der Waals surface area contributed by atoms with Gasteiger partial charge in [-0.2, -0.15) is 13.2 Å². The molecule has 1 heterocycles. The number of alkyl halides is 3. The molecular formula is C13H8F3N2O. The van der Waals surface area contributed by atoms with E-state index in [0.29, 0.717) is 5.56 Å². The van der Waals surface area contributed by atoms with Crippen molar-refractivity contribution in [3.05, 3.63) is 59.9 Å². The maximum Gasteiger partial charge on any atom is 0.416 e. The van der Waals surface area contributed by atoms with Gasteiger partial charge in [0.05, 0.1) is 5.56 Å². The van der Waals surface area contributed by atoms with Crippen LogP contribution in [0.15, 0.2) is 42.7 Å². The summed E-state index contributed by atoms with van der Waals surface area (Å²) in [7, 11) is 0. The SMILES string of the molecule is O=C(Nc1[c]ccc(C(F)(F)F)c1)c1ccncc1. The largest absolute Gasteiger partial charge is 0.416 e. The number of hydrogen-bond acceptors (Lipinski definition) is 2. The molecule has 0 aliphatic carbocycles. The molecule has 1 radical (unpaired) electrons. The molecule has 0 bridgehead atoms. The van der Waals surface area contributed by atoms with E-state index < -0.39 is 17.6 Å². The number of nitrogens with one attached hydrogen (secondary N) is 1. The minimum Gasteiger partial charge on any atom is -0.321 e. The van der Waals surface area contributed by atoms with Crippen molar-refractivity contribution in [3.8, 4) is 0 Å². The zero-order valence-electron chi connectivity index (χ0n) is 9.53. The Bertz CT molecular complexity index is 582. The summed E-state index contributed by atoms with van der Waals surface area (Å²) in [5.41, 5.74) is -0.561. The minimum atomic E-state index is -4.45. The predicted molar refractivity (Wildman–Crippen MR) is 62.5 cm³/mol. The monoisotopic (exact) mass is 265 g/mol. The number of nitrogens with zero attached hydrogens (tertiary/aromatic N) is 1. The van der Waals surface area contributed by atoms with Gasteiger partial charge < -0.3 is 5.32 Å². The molecular weight excluding hydrogens is 257 g/mol. The Hall–Kier alpha value is -2.37. The third-order valence-electron chi connectivity index (χ3n) is 2.32. The van der Waals surface area contributed by atoms with Gasteiger partial charge in [0.25, 0.3) is 5.91 Å². The number of carbonyl (C=O) groups excluding carboxylic acids is 1. The lowest BCUT2D eigenvalue weighted by molar-refractivity contribution is -0.137. The van der Waals surface area contributed by atoms with Crippen LogP contribution in [0.5, 0.6) is 0 Å². The highest BCUT2D eigenvalue weighted by Crippen LogP contribution is 2.30. The molecule has 1 aromatic carbocycles. The molecule has 2 rings (SSSR count). The fraction of sp³-hybridized carbons (Fsp3) is 0.0769. The zero-order valence-corrected chi connectivity index (χ0v) is 9.53. The lowest BCUT2D eigenvalue weighted by Crippen LogP contribution is -2.13. The van der Waals surface area contributed by atoms with Crippen LogP contribution < -0.4 is 5.32 Å². The van der Waals surface area contributed by atoms with Crippen LogP contribution in [0, 0.1) is 6.07 Å². The van der Waals surface area contributed by atoms with E-state index in [4.69, 9.17) is 0 Å². The lowest BCUT2D eigenvalue weighted by Gasteiger charge is -2.09. The summed E-state index contributed by atoms with van der Waals surface area (Å²) in [5, 5.41) is 2.35. The van der Waals surface area contributed by atoms with Gasteiger partial charge in [-0.3, -0.25) is 9.78 Å². The highest BCUT2D eigenvalue weighted by Gasteiger charge is 2.30. The molecule has 0 atom stereocenters. The van der Waals surface area contributed by atoms with Crippen LogP contribution in [-0.2, 0) is 6.18 Å². The Labute approximate surface area is 107 Å². The van der Waals surface area contributed by atoms with E-state index in [2.05, 4.69) is 16.4 Å². The van der Waals surface area contributed by atoms with E-state index in [9.17, 15) is 18.0 Å². The summed E-state index contributed by atoms with van der Waals surface area (Å²) in [6.07, 6.45) is -1.61. The first kappa shape index (κ1) is 13.1. The molecule has 2 aromatic rings. The highest BCUT2D eigenvalue weighted by atomic mass is 19.4. The standard InChI is InChI=1S/C13H8F3N2O/c14-13(15,16)10-2-1-3-11(8-10)18-12(19)9-4-6-17-7-5-9/h1-2,4-8H,(H,18,19). The zero-order chi connectivity index (χ0) is 13.9. The van der Waals surface area contributed by atoms with Crippen LogP contribution in [0.2, 0.25) is 0 Å². The summed E-state index contributed by atoms with van der Waals surface area (Å²) < 4.78 is 37.5. The fourth-order valence-electron chi connectivity index (χ4n) is 1.41. The molecule has 1 amide bonds. The summed E-state index contributed by atoms with van der Waals surface area (Å²) in [4.78, 5) is 15.5. The number of hydrogen-bond donors (Lipinski definition) is 1. The second kappa shape index (κ2) is 5.09. The Morgan fingerprint density at radius 3 is 2.53 bits per heavy atom. The van der Waals surface area contributed by atoms with E-state index in [-0.39, 0.29) is 5.69 Å². The number of pyridine rings is 1. The van der Waals surface area contributed by atoms with Crippen LogP contribution in [0.1, 0.15) is 15.9 Å². The number of aromatic nitrogens is 1. The minimum absolute atomic E-state index is 0.0309. The van der Waals surface area contributed by atoms with E-state index >= 15 is 0 Å². The number of amides is 1. The van der Waals surface area contributed by atoms with Crippen molar-refractivity contribution in [2.75, 3.05) is 5.32 Å². The summed E-state index contributed by atoms with van der Waals surface area (Å²) >= 11 is 0. The molecule has 0 saturated heterocycles. The molecule has 6 heteroatoms. The van der Waals surface area contributed by atoms with Crippen molar-refractivity contribution in [3.63, 3.8) is 0 Å². The average molecular weight is 265 g/mol. The smallest absolute Gasteiger partial charge is 0.321 e. The topological polar surface area (TPSA) is 42.0 Å². The molecule has 3 nitrogen and oxygen atoms in total. The van der Waals surface area contributed by atoms with Crippen LogP contribution in [0.3, 0.4) is 0 Å². The Balaban J connectivity index is 2.18. The molecule has 0 fully saturated rings. The lowest BCUT2D eigenvalue weighted by atomic mass is 10.2. The maximum atomic E-state index is 12.5. The Kier molecular flexibility index (Phi) is 3.50. The first-order valence-corrected chi connectivity index (χ1v) is 5.27. The van der Waals surface area contributed by atoms with Crippen LogP contribution in [0.4, 0.5) is 18.9 Å². The number of halogens is 3. The number of carbonyl (C=O) groups is 1. The van der Waals surface area contributed by atoms with Crippen LogP contribution in [0.25, 0.3) is 0 Å². The summed E-state index contributed by atoms with van der Waals surface area (Å²) in [6.45, 7) is 0. The highest BCUT2D eigenvalue weighted by molar-refractivity contribution is 6.04. The van der Waals surface area contributed by atoms with E-state index in [1.54, 1.807) is 0 Å². The van der Waals surface area contributed by atoms with Gasteiger partial charge in [-0.25, -0.2) is 0 Å². The molecule has 1 N–H and O–H groups in total. The van der Waals surface area contributed by atoms with Crippen molar-refractivity contribution in [1.82, 2.24) is 4.98 Å². The molecule has 1 aromatic heterocycles. The second-order valence-electron chi connectivity index (χ2n) is 3.68. The maximum absolute atomic E-state index is 12.5. The molecule has 19 heavy (non-hydrogen) atoms. The van der Waals surface area contributed by atoms with Crippen molar-refractivity contribution in [1.29, 1.82) is 0 Å². The Morgan fingerprint density at radius 1 is 1.21 bits per heavy atom. The van der Waals surface area contributed by atoms with Crippen molar-refractivity contribution >= 4 is 11.6 Å². The van der Waals surface area contributed by atoms with Gasteiger partial charge in [-0.05, 0) is 24.3 Å². The molecule has 0 unspecified atom stereocenters. The van der Waals surface area contributed by atoms with Crippen LogP contribution in [-0.4, -0.2) is 10.9 Å². The third kappa shape index (κ3) is 3.31. The first-order chi connectivity index (χ1) is 8.97. The third-order valence-corrected chi connectivity index (χ3v) is 2.32. The quantitative estimate of drug-likeness (QED) is 0.906. The molecule has 0 aliphatic heterocycles. The van der Waals surface area contributed by atoms with Gasteiger partial charge in [0, 0.05) is 29.7 Å². The van der Waals surface area contributed by atoms with Gasteiger partial charge in [0.15, 0.2) is 0 Å². The summed E-state index contributed by atoms with van der Waals surface area (Å²) in [5.74, 6) is -0.516. The van der Waals surface area contributed by atoms with Gasteiger partial charge in [-0.1, -0.05) is 6.07 Å². The molecule has 0 aliphatic rings. The summed E-state index contributed by atoms with van der Waals surface area (Å²) in [6, 6.07) is 8.30. The van der Waals surface area contributed by atoms with Crippen molar-refractivity contribution in [2.24, 2.45) is 0 Å². The molecule has 97 valence electrons. The van der Waals surface area contributed by atoms with E-state index in [1.807, 2.05) is 0 Å². The number of benzene rings is 1. The van der Waals surface area contributed by atoms with E-state index in [0.717, 1.165) is 18.2 Å².